The molecule has 2 unspecified atom stereocenters. The van der Waals surface area contributed by atoms with Crippen molar-refractivity contribution < 1.29 is 9.53 Å². The van der Waals surface area contributed by atoms with Crippen molar-refractivity contribution in [1.82, 2.24) is 9.97 Å². The summed E-state index contributed by atoms with van der Waals surface area (Å²) in [7, 11) is 0. The molecular weight excluding hydrogens is 256 g/mol. The first-order chi connectivity index (χ1) is 9.56. The third-order valence-corrected chi connectivity index (χ3v) is 3.75. The Hall–Kier alpha value is -2.17. The molecule has 104 valence electrons. The fraction of sp³-hybridized carbons (Fsp3) is 0.400. The molecule has 0 amide bonds. The molecule has 0 spiro atoms. The van der Waals surface area contributed by atoms with Crippen LogP contribution in [0.1, 0.15) is 24.7 Å². The molecule has 0 aliphatic heterocycles. The minimum absolute atomic E-state index is 0.0154. The summed E-state index contributed by atoms with van der Waals surface area (Å²) in [6.45, 7) is 3.93. The number of benzene rings is 1. The van der Waals surface area contributed by atoms with Gasteiger partial charge in [-0.05, 0) is 30.9 Å². The number of carbonyl (C=O) groups excluding carboxylic acids is 1. The van der Waals surface area contributed by atoms with Gasteiger partial charge in [-0.15, -0.1) is 0 Å². The van der Waals surface area contributed by atoms with Crippen LogP contribution in [0.4, 0.5) is 0 Å². The predicted octanol–water partition coefficient (Wildman–Crippen LogP) is 1.93. The van der Waals surface area contributed by atoms with Crippen molar-refractivity contribution in [2.24, 2.45) is 11.8 Å². The molecule has 3 rings (SSSR count). The van der Waals surface area contributed by atoms with Crippen molar-refractivity contribution >= 4 is 16.9 Å². The Bertz CT molecular complexity index is 735. The average molecular weight is 272 g/mol. The standard InChI is InChI=1S/C15H16N2O3/c1-8-4-3-5-10-13(8)16-12(17-14(10)18)7-20-15(19)11-6-9(11)2/h3-5,9,11H,6-7H2,1-2H3,(H,16,17,18). The number of aromatic nitrogens is 2. The molecule has 0 saturated heterocycles. The molecular formula is C15H16N2O3. The Morgan fingerprint density at radius 2 is 2.25 bits per heavy atom. The zero-order valence-electron chi connectivity index (χ0n) is 11.5. The first kappa shape index (κ1) is 12.8. The van der Waals surface area contributed by atoms with E-state index in [-0.39, 0.29) is 24.1 Å². The molecule has 1 aromatic heterocycles. The summed E-state index contributed by atoms with van der Waals surface area (Å²) < 4.78 is 5.19. The number of hydrogen-bond acceptors (Lipinski definition) is 4. The fourth-order valence-electron chi connectivity index (χ4n) is 2.32. The Labute approximate surface area is 116 Å². The van der Waals surface area contributed by atoms with Gasteiger partial charge < -0.3 is 9.72 Å². The number of aromatic amines is 1. The van der Waals surface area contributed by atoms with Gasteiger partial charge in [0.25, 0.3) is 5.56 Å². The number of nitrogens with one attached hydrogen (secondary N) is 1. The fourth-order valence-corrected chi connectivity index (χ4v) is 2.32. The van der Waals surface area contributed by atoms with Crippen molar-refractivity contribution in [2.75, 3.05) is 0 Å². The number of esters is 1. The summed E-state index contributed by atoms with van der Waals surface area (Å²) in [6.07, 6.45) is 0.889. The molecule has 5 heteroatoms. The zero-order valence-corrected chi connectivity index (χ0v) is 11.5. The summed E-state index contributed by atoms with van der Waals surface area (Å²) in [4.78, 5) is 30.7. The normalized spacial score (nSPS) is 20.9. The molecule has 2 atom stereocenters. The van der Waals surface area contributed by atoms with Gasteiger partial charge in [-0.1, -0.05) is 19.1 Å². The molecule has 1 saturated carbocycles. The third kappa shape index (κ3) is 2.31. The molecule has 20 heavy (non-hydrogen) atoms. The maximum atomic E-state index is 12.0. The number of para-hydroxylation sites is 1. The molecule has 0 bridgehead atoms. The van der Waals surface area contributed by atoms with Crippen molar-refractivity contribution in [3.8, 4) is 0 Å². The van der Waals surface area contributed by atoms with E-state index in [1.807, 2.05) is 26.0 Å². The molecule has 1 aliphatic carbocycles. The van der Waals surface area contributed by atoms with Crippen LogP contribution in [-0.2, 0) is 16.1 Å². The van der Waals surface area contributed by atoms with E-state index < -0.39 is 0 Å². The second-order valence-corrected chi connectivity index (χ2v) is 5.41. The van der Waals surface area contributed by atoms with Crippen LogP contribution in [0.5, 0.6) is 0 Å². The molecule has 0 radical (unpaired) electrons. The molecule has 1 aliphatic rings. The largest absolute Gasteiger partial charge is 0.457 e. The van der Waals surface area contributed by atoms with Gasteiger partial charge in [0, 0.05) is 0 Å². The number of hydrogen-bond donors (Lipinski definition) is 1. The summed E-state index contributed by atoms with van der Waals surface area (Å²) in [6, 6.07) is 5.45. The van der Waals surface area contributed by atoms with Gasteiger partial charge in [0.05, 0.1) is 16.8 Å². The predicted molar refractivity (Wildman–Crippen MR) is 74.2 cm³/mol. The monoisotopic (exact) mass is 272 g/mol. The van der Waals surface area contributed by atoms with Crippen molar-refractivity contribution in [3.05, 3.63) is 39.9 Å². The highest BCUT2D eigenvalue weighted by atomic mass is 16.5. The first-order valence-electron chi connectivity index (χ1n) is 6.71. The van der Waals surface area contributed by atoms with E-state index >= 15 is 0 Å². The maximum absolute atomic E-state index is 12.0. The summed E-state index contributed by atoms with van der Waals surface area (Å²) in [5.41, 5.74) is 1.38. The number of ether oxygens (including phenoxy) is 1. The number of rotatable bonds is 3. The summed E-state index contributed by atoms with van der Waals surface area (Å²) in [5, 5.41) is 0.552. The van der Waals surface area contributed by atoms with E-state index in [2.05, 4.69) is 9.97 Å². The number of fused-ring (bicyclic) bond motifs is 1. The highest BCUT2D eigenvalue weighted by Gasteiger charge is 2.40. The number of nitrogens with zero attached hydrogens (tertiary/aromatic N) is 1. The topological polar surface area (TPSA) is 72.1 Å². The lowest BCUT2D eigenvalue weighted by molar-refractivity contribution is -0.147. The highest BCUT2D eigenvalue weighted by Crippen LogP contribution is 2.38. The van der Waals surface area contributed by atoms with Gasteiger partial charge in [-0.25, -0.2) is 4.98 Å². The van der Waals surface area contributed by atoms with Gasteiger partial charge in [0.1, 0.15) is 12.4 Å². The van der Waals surface area contributed by atoms with Crippen LogP contribution in [0.2, 0.25) is 0 Å². The average Bonchev–Trinajstić information content (AvgIpc) is 3.14. The number of carbonyl (C=O) groups is 1. The van der Waals surface area contributed by atoms with E-state index in [9.17, 15) is 9.59 Å². The Kier molecular flexibility index (Phi) is 3.04. The smallest absolute Gasteiger partial charge is 0.309 e. The van der Waals surface area contributed by atoms with Crippen molar-refractivity contribution in [2.45, 2.75) is 26.9 Å². The van der Waals surface area contributed by atoms with Gasteiger partial charge in [-0.3, -0.25) is 9.59 Å². The van der Waals surface area contributed by atoms with E-state index in [1.165, 1.54) is 0 Å². The minimum Gasteiger partial charge on any atom is -0.457 e. The lowest BCUT2D eigenvalue weighted by atomic mass is 10.1. The Balaban J connectivity index is 1.83. The highest BCUT2D eigenvalue weighted by molar-refractivity contribution is 5.80. The quantitative estimate of drug-likeness (QED) is 0.867. The van der Waals surface area contributed by atoms with Crippen LogP contribution in [0.15, 0.2) is 23.0 Å². The van der Waals surface area contributed by atoms with Crippen LogP contribution in [0.3, 0.4) is 0 Å². The van der Waals surface area contributed by atoms with E-state index in [4.69, 9.17) is 4.74 Å². The maximum Gasteiger partial charge on any atom is 0.309 e. The van der Waals surface area contributed by atoms with Gasteiger partial charge >= 0.3 is 5.97 Å². The van der Waals surface area contributed by atoms with E-state index in [1.54, 1.807) is 6.07 Å². The molecule has 1 fully saturated rings. The van der Waals surface area contributed by atoms with Gasteiger partial charge in [-0.2, -0.15) is 0 Å². The molecule has 1 heterocycles. The van der Waals surface area contributed by atoms with Crippen LogP contribution in [0.25, 0.3) is 10.9 Å². The van der Waals surface area contributed by atoms with E-state index in [0.29, 0.717) is 22.6 Å². The van der Waals surface area contributed by atoms with Gasteiger partial charge in [0.2, 0.25) is 0 Å². The molecule has 1 N–H and O–H groups in total. The van der Waals surface area contributed by atoms with Crippen LogP contribution < -0.4 is 5.56 Å². The summed E-state index contributed by atoms with van der Waals surface area (Å²) >= 11 is 0. The third-order valence-electron chi connectivity index (χ3n) is 3.75. The molecule has 1 aromatic carbocycles. The van der Waals surface area contributed by atoms with Crippen LogP contribution in [0, 0.1) is 18.8 Å². The second-order valence-electron chi connectivity index (χ2n) is 5.41. The summed E-state index contributed by atoms with van der Waals surface area (Å²) in [5.74, 6) is 0.612. The second kappa shape index (κ2) is 4.74. The SMILES string of the molecule is Cc1cccc2c(=O)[nH]c(COC(=O)C3CC3C)nc12. The Morgan fingerprint density at radius 3 is 2.95 bits per heavy atom. The lowest BCUT2D eigenvalue weighted by Gasteiger charge is -2.06. The van der Waals surface area contributed by atoms with Crippen LogP contribution >= 0.6 is 0 Å². The Morgan fingerprint density at radius 1 is 1.50 bits per heavy atom. The first-order valence-corrected chi connectivity index (χ1v) is 6.71. The van der Waals surface area contributed by atoms with Crippen molar-refractivity contribution in [1.29, 1.82) is 0 Å². The van der Waals surface area contributed by atoms with Crippen molar-refractivity contribution in [3.63, 3.8) is 0 Å². The lowest BCUT2D eigenvalue weighted by Crippen LogP contribution is -2.15. The number of aryl methyl sites for hydroxylation is 1. The van der Waals surface area contributed by atoms with Gasteiger partial charge in [0.15, 0.2) is 0 Å². The number of H-pyrrole nitrogens is 1. The van der Waals surface area contributed by atoms with Crippen LogP contribution in [-0.4, -0.2) is 15.9 Å². The molecule has 5 nitrogen and oxygen atoms in total. The molecule has 2 aromatic rings. The zero-order chi connectivity index (χ0) is 14.3. The van der Waals surface area contributed by atoms with E-state index in [0.717, 1.165) is 12.0 Å². The minimum atomic E-state index is -0.204.